The van der Waals surface area contributed by atoms with Gasteiger partial charge in [0.15, 0.2) is 0 Å². The van der Waals surface area contributed by atoms with Gasteiger partial charge in [0.2, 0.25) is 0 Å². The van der Waals surface area contributed by atoms with E-state index in [4.69, 9.17) is 0 Å². The predicted octanol–water partition coefficient (Wildman–Crippen LogP) is 8.15. The van der Waals surface area contributed by atoms with E-state index in [1.54, 1.807) is 7.76 Å². The Morgan fingerprint density at radius 1 is 0.486 bits per heavy atom. The van der Waals surface area contributed by atoms with Crippen molar-refractivity contribution in [2.45, 2.75) is 26.7 Å². The summed E-state index contributed by atoms with van der Waals surface area (Å²) in [4.78, 5) is 0. The van der Waals surface area contributed by atoms with Crippen LogP contribution in [0.15, 0.2) is 141 Å². The molecule has 6 rings (SSSR count). The molecule has 0 aromatic heterocycles. The van der Waals surface area contributed by atoms with Crippen molar-refractivity contribution in [3.8, 4) is 0 Å². The van der Waals surface area contributed by atoms with Crippen LogP contribution in [0.4, 0.5) is 0 Å². The summed E-state index contributed by atoms with van der Waals surface area (Å²) in [6.07, 6.45) is 11.6. The van der Waals surface area contributed by atoms with Crippen LogP contribution >= 0.6 is 0 Å². The number of hydrogen-bond donors (Lipinski definition) is 0. The van der Waals surface area contributed by atoms with Crippen molar-refractivity contribution in [3.05, 3.63) is 164 Å². The molecule has 37 heavy (non-hydrogen) atoms. The van der Waals surface area contributed by atoms with Gasteiger partial charge in [0.25, 0.3) is 0 Å². The van der Waals surface area contributed by atoms with Crippen molar-refractivity contribution in [1.29, 1.82) is 0 Å². The first kappa shape index (κ1) is 23.9. The monoisotopic (exact) mass is 512 g/mol. The summed E-state index contributed by atoms with van der Waals surface area (Å²) in [6, 6.07) is 40.9. The molecule has 0 N–H and O–H groups in total. The summed E-state index contributed by atoms with van der Waals surface area (Å²) in [5, 5.41) is 0. The first-order chi connectivity index (χ1) is 18.2. The van der Waals surface area contributed by atoms with E-state index in [0.29, 0.717) is 0 Å². The molecule has 2 aliphatic carbocycles. The van der Waals surface area contributed by atoms with E-state index in [0.717, 1.165) is 12.8 Å². The topological polar surface area (TPSA) is 0 Å². The minimum atomic E-state index is -3.38. The van der Waals surface area contributed by atoms with Gasteiger partial charge in [0.1, 0.15) is 0 Å². The third-order valence-electron chi connectivity index (χ3n) is 7.84. The molecule has 4 aromatic rings. The Labute approximate surface area is 224 Å². The number of benzene rings is 4. The fourth-order valence-electron chi connectivity index (χ4n) is 6.30. The number of aryl methyl sites for hydroxylation is 2. The third kappa shape index (κ3) is 4.25. The molecule has 0 saturated heterocycles. The van der Waals surface area contributed by atoms with Gasteiger partial charge in [-0.2, -0.15) is 0 Å². The molecule has 0 spiro atoms. The summed E-state index contributed by atoms with van der Waals surface area (Å²) in [6.45, 7) is 4.48. The van der Waals surface area contributed by atoms with E-state index in [9.17, 15) is 0 Å². The fourth-order valence-corrected chi connectivity index (χ4v) is 15.3. The molecule has 1 heteroatoms. The maximum atomic E-state index is 2.49. The molecular formula is C36H32Ti. The minimum absolute atomic E-state index is 1.01. The van der Waals surface area contributed by atoms with Crippen LogP contribution in [-0.2, 0) is 16.6 Å². The van der Waals surface area contributed by atoms with E-state index in [-0.39, 0.29) is 0 Å². The van der Waals surface area contributed by atoms with Gasteiger partial charge in [-0.1, -0.05) is 0 Å². The van der Waals surface area contributed by atoms with E-state index in [2.05, 4.69) is 147 Å². The van der Waals surface area contributed by atoms with Gasteiger partial charge in [-0.3, -0.25) is 0 Å². The van der Waals surface area contributed by atoms with Crippen molar-refractivity contribution in [1.82, 2.24) is 0 Å². The van der Waals surface area contributed by atoms with Gasteiger partial charge in [-0.15, -0.1) is 0 Å². The van der Waals surface area contributed by atoms with Crippen LogP contribution in [0.3, 0.4) is 0 Å². The van der Waals surface area contributed by atoms with Crippen LogP contribution in [0, 0.1) is 13.8 Å². The number of hydrogen-bond acceptors (Lipinski definition) is 0. The van der Waals surface area contributed by atoms with Crippen LogP contribution < -0.4 is 7.74 Å². The zero-order valence-electron chi connectivity index (χ0n) is 21.6. The number of rotatable bonds is 6. The first-order valence-corrected chi connectivity index (χ1v) is 16.4. The van der Waals surface area contributed by atoms with Crippen LogP contribution in [0.5, 0.6) is 0 Å². The van der Waals surface area contributed by atoms with Gasteiger partial charge >= 0.3 is 226 Å². The quantitative estimate of drug-likeness (QED) is 0.229. The molecule has 4 aromatic carbocycles. The molecule has 0 radical (unpaired) electrons. The van der Waals surface area contributed by atoms with Gasteiger partial charge in [0.05, 0.1) is 0 Å². The van der Waals surface area contributed by atoms with Gasteiger partial charge in [-0.25, -0.2) is 0 Å². The van der Waals surface area contributed by atoms with Crippen molar-refractivity contribution in [2.24, 2.45) is 0 Å². The molecular weight excluding hydrogens is 480 g/mol. The molecule has 0 unspecified atom stereocenters. The van der Waals surface area contributed by atoms with Crippen LogP contribution in [0.25, 0.3) is 11.1 Å². The Bertz CT molecular complexity index is 1440. The molecule has 0 fully saturated rings. The van der Waals surface area contributed by atoms with Crippen molar-refractivity contribution in [2.75, 3.05) is 0 Å². The Morgan fingerprint density at radius 3 is 1.32 bits per heavy atom. The van der Waals surface area contributed by atoms with Crippen molar-refractivity contribution < 1.29 is 16.6 Å². The summed E-state index contributed by atoms with van der Waals surface area (Å²) < 4.78 is 6.36. The van der Waals surface area contributed by atoms with Crippen molar-refractivity contribution >= 4 is 18.9 Å². The Hall–Kier alpha value is -3.45. The zero-order chi connectivity index (χ0) is 25.2. The second-order valence-corrected chi connectivity index (χ2v) is 16.2. The molecule has 0 nitrogen and oxygen atoms in total. The van der Waals surface area contributed by atoms with E-state index in [1.165, 1.54) is 41.1 Å². The van der Waals surface area contributed by atoms with E-state index in [1.807, 2.05) is 0 Å². The van der Waals surface area contributed by atoms with E-state index >= 15 is 0 Å². The average Bonchev–Trinajstić information content (AvgIpc) is 3.62. The zero-order valence-corrected chi connectivity index (χ0v) is 23.2. The van der Waals surface area contributed by atoms with Gasteiger partial charge < -0.3 is 0 Å². The fraction of sp³-hybridized carbons (Fsp3) is 0.111. The first-order valence-electron chi connectivity index (χ1n) is 13.2. The van der Waals surface area contributed by atoms with Crippen LogP contribution in [0.2, 0.25) is 0 Å². The summed E-state index contributed by atoms with van der Waals surface area (Å²) in [5.74, 6) is 0. The summed E-state index contributed by atoms with van der Waals surface area (Å²) in [7, 11) is 0. The molecule has 0 bridgehead atoms. The van der Waals surface area contributed by atoms with Gasteiger partial charge in [-0.05, 0) is 0 Å². The van der Waals surface area contributed by atoms with Gasteiger partial charge in [0, 0.05) is 0 Å². The molecule has 0 aliphatic heterocycles. The Balaban J connectivity index is 1.77. The number of allylic oxidation sites excluding steroid dienone is 8. The molecule has 0 heterocycles. The molecule has 0 atom stereocenters. The summed E-state index contributed by atoms with van der Waals surface area (Å²) in [5.41, 5.74) is 8.18. The molecule has 180 valence electrons. The predicted molar refractivity (Wildman–Crippen MR) is 156 cm³/mol. The molecule has 2 aliphatic rings. The van der Waals surface area contributed by atoms with E-state index < -0.39 is 16.6 Å². The Kier molecular flexibility index (Phi) is 6.55. The average molecular weight is 513 g/mol. The Morgan fingerprint density at radius 2 is 0.919 bits per heavy atom. The normalized spacial score (nSPS) is 15.2. The maximum absolute atomic E-state index is 3.38. The van der Waals surface area contributed by atoms with Crippen LogP contribution in [0.1, 0.15) is 35.1 Å². The summed E-state index contributed by atoms with van der Waals surface area (Å²) >= 11 is -3.38. The van der Waals surface area contributed by atoms with Crippen LogP contribution in [-0.4, -0.2) is 0 Å². The third-order valence-corrected chi connectivity index (χ3v) is 15.8. The molecule has 0 saturated carbocycles. The molecule has 0 amide bonds. The standard InChI is InChI=1S/2C11H9.2C7H7.Ti/c2*1-2-6-10(7-3-1)11-8-4-5-9-11;2*1-7-5-3-2-4-6-7;/h2*1-4,6-8H,5H2;2*2-3,5-6H,1H3;. The second-order valence-electron chi connectivity index (χ2n) is 10.2. The van der Waals surface area contributed by atoms with Crippen molar-refractivity contribution in [3.63, 3.8) is 0 Å². The SMILES string of the molecule is Cc1ccc[c]([Ti]([C]2=C(c3ccccc3)C=CC2)([C]2=C(c3ccccc3)C=CC2)[c]2cccc(C)c2)c1. The second kappa shape index (κ2) is 10.1.